The molecule has 0 radical (unpaired) electrons. The third-order valence-electron chi connectivity index (χ3n) is 2.74. The van der Waals surface area contributed by atoms with Crippen LogP contribution in [0, 0.1) is 0 Å². The van der Waals surface area contributed by atoms with Gasteiger partial charge in [0.2, 0.25) is 0 Å². The van der Waals surface area contributed by atoms with Crippen molar-refractivity contribution in [3.05, 3.63) is 66.2 Å². The van der Waals surface area contributed by atoms with E-state index in [1.54, 1.807) is 0 Å². The summed E-state index contributed by atoms with van der Waals surface area (Å²) < 4.78 is 5.80. The maximum absolute atomic E-state index is 12.0. The summed E-state index contributed by atoms with van der Waals surface area (Å²) in [5.74, 6) is 0.804. The molecule has 1 atom stereocenters. The standard InChI is InChI=1S/C16H16O2/c1-2-15(17)16(13-9-5-3-6-10-13)18-14-11-7-4-8-12-14/h3-12,16H,2H2,1H3. The molecule has 0 N–H and O–H groups in total. The summed E-state index contributed by atoms with van der Waals surface area (Å²) in [5, 5.41) is 0. The maximum Gasteiger partial charge on any atom is 0.182 e. The average Bonchev–Trinajstić information content (AvgIpc) is 2.46. The third-order valence-corrected chi connectivity index (χ3v) is 2.74. The van der Waals surface area contributed by atoms with Crippen molar-refractivity contribution in [3.8, 4) is 5.75 Å². The molecule has 0 heterocycles. The normalized spacial score (nSPS) is 11.8. The van der Waals surface area contributed by atoms with Crippen molar-refractivity contribution in [2.45, 2.75) is 19.4 Å². The van der Waals surface area contributed by atoms with Gasteiger partial charge in [0.05, 0.1) is 0 Å². The minimum atomic E-state index is -0.515. The van der Waals surface area contributed by atoms with E-state index in [0.29, 0.717) is 12.2 Å². The largest absolute Gasteiger partial charge is 0.478 e. The molecule has 2 rings (SSSR count). The number of Topliss-reactive ketones (excluding diaryl/α,β-unsaturated/α-hetero) is 1. The lowest BCUT2D eigenvalue weighted by molar-refractivity contribution is -0.125. The molecule has 0 amide bonds. The zero-order chi connectivity index (χ0) is 12.8. The lowest BCUT2D eigenvalue weighted by atomic mass is 10.0. The van der Waals surface area contributed by atoms with Gasteiger partial charge in [-0.25, -0.2) is 0 Å². The van der Waals surface area contributed by atoms with Gasteiger partial charge in [-0.15, -0.1) is 0 Å². The van der Waals surface area contributed by atoms with E-state index in [4.69, 9.17) is 4.74 Å². The Kier molecular flexibility index (Phi) is 4.13. The lowest BCUT2D eigenvalue weighted by Crippen LogP contribution is -2.17. The maximum atomic E-state index is 12.0. The predicted octanol–water partition coefficient (Wildman–Crippen LogP) is 3.79. The van der Waals surface area contributed by atoms with E-state index in [1.165, 1.54) is 0 Å². The molecule has 18 heavy (non-hydrogen) atoms. The third kappa shape index (κ3) is 2.98. The smallest absolute Gasteiger partial charge is 0.182 e. The highest BCUT2D eigenvalue weighted by Gasteiger charge is 2.20. The number of para-hydroxylation sites is 1. The summed E-state index contributed by atoms with van der Waals surface area (Å²) in [6.07, 6.45) is -0.0505. The van der Waals surface area contributed by atoms with Gasteiger partial charge in [0, 0.05) is 6.42 Å². The molecule has 2 aromatic rings. The molecule has 0 saturated heterocycles. The Labute approximate surface area is 107 Å². The SMILES string of the molecule is CCC(=O)C(Oc1ccccc1)c1ccccc1. The summed E-state index contributed by atoms with van der Waals surface area (Å²) in [6, 6.07) is 19.0. The van der Waals surface area contributed by atoms with Crippen molar-refractivity contribution < 1.29 is 9.53 Å². The predicted molar refractivity (Wildman–Crippen MR) is 71.6 cm³/mol. The fourth-order valence-corrected chi connectivity index (χ4v) is 1.77. The Balaban J connectivity index is 2.24. The number of carbonyl (C=O) groups excluding carboxylic acids is 1. The van der Waals surface area contributed by atoms with Crippen molar-refractivity contribution in [2.24, 2.45) is 0 Å². The highest BCUT2D eigenvalue weighted by atomic mass is 16.5. The zero-order valence-corrected chi connectivity index (χ0v) is 10.4. The molecule has 0 saturated carbocycles. The first-order valence-electron chi connectivity index (χ1n) is 6.10. The number of rotatable bonds is 5. The van der Waals surface area contributed by atoms with E-state index < -0.39 is 6.10 Å². The van der Waals surface area contributed by atoms with Gasteiger partial charge >= 0.3 is 0 Å². The zero-order valence-electron chi connectivity index (χ0n) is 10.4. The van der Waals surface area contributed by atoms with E-state index >= 15 is 0 Å². The molecule has 0 fully saturated rings. The lowest BCUT2D eigenvalue weighted by Gasteiger charge is -2.17. The van der Waals surface area contributed by atoms with Crippen LogP contribution in [0.1, 0.15) is 25.0 Å². The molecule has 2 aromatic carbocycles. The Morgan fingerprint density at radius 1 is 1.00 bits per heavy atom. The molecule has 1 unspecified atom stereocenters. The number of hydrogen-bond acceptors (Lipinski definition) is 2. The van der Waals surface area contributed by atoms with Crippen LogP contribution >= 0.6 is 0 Å². The molecule has 0 spiro atoms. The van der Waals surface area contributed by atoms with E-state index in [0.717, 1.165) is 5.56 Å². The summed E-state index contributed by atoms with van der Waals surface area (Å²) in [5.41, 5.74) is 0.896. The van der Waals surface area contributed by atoms with Gasteiger partial charge in [0.15, 0.2) is 11.9 Å². The minimum Gasteiger partial charge on any atom is -0.478 e. The van der Waals surface area contributed by atoms with Crippen molar-refractivity contribution in [2.75, 3.05) is 0 Å². The molecule has 0 bridgehead atoms. The van der Waals surface area contributed by atoms with Crippen LogP contribution in [0.15, 0.2) is 60.7 Å². The van der Waals surface area contributed by atoms with E-state index in [9.17, 15) is 4.79 Å². The number of ether oxygens (including phenoxy) is 1. The molecule has 2 nitrogen and oxygen atoms in total. The van der Waals surface area contributed by atoms with Crippen LogP contribution in [-0.2, 0) is 4.79 Å². The van der Waals surface area contributed by atoms with E-state index in [1.807, 2.05) is 67.6 Å². The molecular formula is C16H16O2. The van der Waals surface area contributed by atoms with E-state index in [2.05, 4.69) is 0 Å². The number of benzene rings is 2. The van der Waals surface area contributed by atoms with Gasteiger partial charge in [0.25, 0.3) is 0 Å². The van der Waals surface area contributed by atoms with Gasteiger partial charge in [-0.2, -0.15) is 0 Å². The monoisotopic (exact) mass is 240 g/mol. The number of carbonyl (C=O) groups is 1. The van der Waals surface area contributed by atoms with Gasteiger partial charge in [-0.05, 0) is 17.7 Å². The summed E-state index contributed by atoms with van der Waals surface area (Å²) in [4.78, 5) is 12.0. The first-order chi connectivity index (χ1) is 8.81. The molecular weight excluding hydrogens is 224 g/mol. The van der Waals surface area contributed by atoms with Crippen LogP contribution in [0.3, 0.4) is 0 Å². The van der Waals surface area contributed by atoms with Crippen molar-refractivity contribution >= 4 is 5.78 Å². The fraction of sp³-hybridized carbons (Fsp3) is 0.188. The van der Waals surface area contributed by atoms with Gasteiger partial charge in [-0.3, -0.25) is 4.79 Å². The van der Waals surface area contributed by atoms with Crippen molar-refractivity contribution in [3.63, 3.8) is 0 Å². The average molecular weight is 240 g/mol. The Hall–Kier alpha value is -2.09. The molecule has 0 aliphatic heterocycles. The second-order valence-corrected chi connectivity index (χ2v) is 4.04. The van der Waals surface area contributed by atoms with Crippen LogP contribution in [-0.4, -0.2) is 5.78 Å². The van der Waals surface area contributed by atoms with Crippen molar-refractivity contribution in [1.82, 2.24) is 0 Å². The quantitative estimate of drug-likeness (QED) is 0.794. The van der Waals surface area contributed by atoms with Gasteiger partial charge in [0.1, 0.15) is 5.75 Å². The molecule has 0 aromatic heterocycles. The molecule has 2 heteroatoms. The first-order valence-corrected chi connectivity index (χ1v) is 6.10. The van der Waals surface area contributed by atoms with Crippen LogP contribution in [0.4, 0.5) is 0 Å². The van der Waals surface area contributed by atoms with Crippen LogP contribution < -0.4 is 4.74 Å². The Bertz CT molecular complexity index is 491. The number of ketones is 1. The van der Waals surface area contributed by atoms with Crippen molar-refractivity contribution in [1.29, 1.82) is 0 Å². The first kappa shape index (κ1) is 12.4. The Morgan fingerprint density at radius 2 is 1.56 bits per heavy atom. The van der Waals surface area contributed by atoms with Crippen LogP contribution in [0.25, 0.3) is 0 Å². The summed E-state index contributed by atoms with van der Waals surface area (Å²) in [6.45, 7) is 1.85. The molecule has 92 valence electrons. The molecule has 0 aliphatic rings. The van der Waals surface area contributed by atoms with Gasteiger partial charge < -0.3 is 4.74 Å². The Morgan fingerprint density at radius 3 is 2.11 bits per heavy atom. The minimum absolute atomic E-state index is 0.0880. The van der Waals surface area contributed by atoms with Crippen LogP contribution in [0.2, 0.25) is 0 Å². The molecule has 0 aliphatic carbocycles. The topological polar surface area (TPSA) is 26.3 Å². The second kappa shape index (κ2) is 6.01. The number of hydrogen-bond donors (Lipinski definition) is 0. The fourth-order valence-electron chi connectivity index (χ4n) is 1.77. The second-order valence-electron chi connectivity index (χ2n) is 4.04. The van der Waals surface area contributed by atoms with Crippen LogP contribution in [0.5, 0.6) is 5.75 Å². The summed E-state index contributed by atoms with van der Waals surface area (Å²) in [7, 11) is 0. The highest BCUT2D eigenvalue weighted by molar-refractivity contribution is 5.84. The van der Waals surface area contributed by atoms with E-state index in [-0.39, 0.29) is 5.78 Å². The van der Waals surface area contributed by atoms with Gasteiger partial charge in [-0.1, -0.05) is 55.5 Å². The highest BCUT2D eigenvalue weighted by Crippen LogP contribution is 2.23. The summed E-state index contributed by atoms with van der Waals surface area (Å²) >= 11 is 0.